The summed E-state index contributed by atoms with van der Waals surface area (Å²) in [6, 6.07) is 12.2. The van der Waals surface area contributed by atoms with Gasteiger partial charge in [-0.2, -0.15) is 0 Å². The number of carbonyl (C=O) groups is 1. The molecule has 3 saturated heterocycles. The minimum atomic E-state index is 0.237. The summed E-state index contributed by atoms with van der Waals surface area (Å²) in [5.74, 6) is 0.237. The molecule has 0 spiro atoms. The third kappa shape index (κ3) is 4.46. The Labute approximate surface area is 163 Å². The number of piperidine rings is 2. The van der Waals surface area contributed by atoms with Gasteiger partial charge in [0.2, 0.25) is 5.91 Å². The summed E-state index contributed by atoms with van der Waals surface area (Å²) in [4.78, 5) is 21.6. The van der Waals surface area contributed by atoms with E-state index < -0.39 is 0 Å². The van der Waals surface area contributed by atoms with Gasteiger partial charge < -0.3 is 9.80 Å². The number of piperazine rings is 1. The molecule has 3 aliphatic heterocycles. The minimum Gasteiger partial charge on any atom is -0.369 e. The molecular weight excluding hydrogens is 336 g/mol. The summed E-state index contributed by atoms with van der Waals surface area (Å²) >= 11 is 0. The Kier molecular flexibility index (Phi) is 5.98. The van der Waals surface area contributed by atoms with Crippen molar-refractivity contribution in [2.45, 2.75) is 44.7 Å². The Hall–Kier alpha value is -1.59. The number of anilines is 1. The maximum Gasteiger partial charge on any atom is 0.219 e. The third-order valence-corrected chi connectivity index (χ3v) is 6.81. The lowest BCUT2D eigenvalue weighted by atomic mass is 9.96. The van der Waals surface area contributed by atoms with E-state index in [1.807, 2.05) is 4.90 Å². The first-order valence-electron chi connectivity index (χ1n) is 10.7. The van der Waals surface area contributed by atoms with Crippen LogP contribution in [-0.2, 0) is 4.79 Å². The fraction of sp³-hybridized carbons (Fsp3) is 0.682. The predicted molar refractivity (Wildman–Crippen MR) is 110 cm³/mol. The molecule has 0 aromatic heterocycles. The summed E-state index contributed by atoms with van der Waals surface area (Å²) in [6.07, 6.45) is 4.95. The molecule has 1 amide bonds. The zero-order chi connectivity index (χ0) is 18.6. The molecule has 3 aliphatic rings. The van der Waals surface area contributed by atoms with E-state index in [9.17, 15) is 4.79 Å². The molecule has 27 heavy (non-hydrogen) atoms. The first kappa shape index (κ1) is 18.8. The highest BCUT2D eigenvalue weighted by Crippen LogP contribution is 2.25. The first-order chi connectivity index (χ1) is 13.2. The molecule has 0 radical (unpaired) electrons. The Morgan fingerprint density at radius 1 is 0.815 bits per heavy atom. The van der Waals surface area contributed by atoms with Crippen molar-refractivity contribution in [1.82, 2.24) is 14.7 Å². The Bertz CT molecular complexity index is 606. The van der Waals surface area contributed by atoms with Crippen LogP contribution < -0.4 is 4.90 Å². The number of amides is 1. The van der Waals surface area contributed by atoms with Crippen molar-refractivity contribution in [3.05, 3.63) is 30.3 Å². The highest BCUT2D eigenvalue weighted by molar-refractivity contribution is 5.73. The fourth-order valence-corrected chi connectivity index (χ4v) is 5.14. The van der Waals surface area contributed by atoms with Crippen molar-refractivity contribution in [3.63, 3.8) is 0 Å². The molecule has 0 bridgehead atoms. The number of benzene rings is 1. The van der Waals surface area contributed by atoms with Crippen molar-refractivity contribution >= 4 is 11.6 Å². The van der Waals surface area contributed by atoms with Crippen LogP contribution in [0.5, 0.6) is 0 Å². The molecule has 148 valence electrons. The van der Waals surface area contributed by atoms with Crippen LogP contribution >= 0.6 is 0 Å². The van der Waals surface area contributed by atoms with Gasteiger partial charge in [-0.05, 0) is 44.4 Å². The van der Waals surface area contributed by atoms with E-state index in [1.165, 1.54) is 44.7 Å². The topological polar surface area (TPSA) is 30.0 Å². The lowest BCUT2D eigenvalue weighted by molar-refractivity contribution is -0.130. The highest BCUT2D eigenvalue weighted by atomic mass is 16.2. The molecule has 1 aromatic carbocycles. The number of para-hydroxylation sites is 1. The van der Waals surface area contributed by atoms with E-state index in [2.05, 4.69) is 45.0 Å². The largest absolute Gasteiger partial charge is 0.369 e. The molecule has 4 rings (SSSR count). The number of nitrogens with zero attached hydrogens (tertiary/aromatic N) is 4. The van der Waals surface area contributed by atoms with Crippen LogP contribution in [0.1, 0.15) is 32.6 Å². The number of hydrogen-bond donors (Lipinski definition) is 0. The summed E-state index contributed by atoms with van der Waals surface area (Å²) in [5, 5.41) is 0. The van der Waals surface area contributed by atoms with Crippen molar-refractivity contribution < 1.29 is 4.79 Å². The maximum absolute atomic E-state index is 11.6. The quantitative estimate of drug-likeness (QED) is 0.817. The summed E-state index contributed by atoms with van der Waals surface area (Å²) < 4.78 is 0. The number of carbonyl (C=O) groups excluding carboxylic acids is 1. The number of likely N-dealkylation sites (tertiary alicyclic amines) is 2. The highest BCUT2D eigenvalue weighted by Gasteiger charge is 2.32. The zero-order valence-corrected chi connectivity index (χ0v) is 16.7. The first-order valence-corrected chi connectivity index (χ1v) is 10.7. The van der Waals surface area contributed by atoms with E-state index in [1.54, 1.807) is 6.92 Å². The van der Waals surface area contributed by atoms with Crippen LogP contribution in [0.3, 0.4) is 0 Å². The van der Waals surface area contributed by atoms with Crippen LogP contribution in [0, 0.1) is 0 Å². The number of rotatable bonds is 3. The van der Waals surface area contributed by atoms with Gasteiger partial charge in [-0.1, -0.05) is 18.2 Å². The van der Waals surface area contributed by atoms with E-state index in [4.69, 9.17) is 0 Å². The van der Waals surface area contributed by atoms with E-state index in [-0.39, 0.29) is 5.91 Å². The lowest BCUT2D eigenvalue weighted by Crippen LogP contribution is -2.57. The molecule has 0 saturated carbocycles. The predicted octanol–water partition coefficient (Wildman–Crippen LogP) is 2.28. The smallest absolute Gasteiger partial charge is 0.219 e. The Morgan fingerprint density at radius 3 is 2.19 bits per heavy atom. The Morgan fingerprint density at radius 2 is 1.52 bits per heavy atom. The molecule has 0 N–H and O–H groups in total. The zero-order valence-electron chi connectivity index (χ0n) is 16.7. The molecule has 3 fully saturated rings. The Balaban J connectivity index is 1.27. The molecule has 3 heterocycles. The standard InChI is InChI=1S/C22H34N4O/c1-19(27)23-12-9-21(10-13-23)26-11-5-8-22(18-26)25-16-14-24(15-17-25)20-6-3-2-4-7-20/h2-4,6-7,21-22H,5,8-18H2,1H3/t22-/m1/s1. The van der Waals surface area contributed by atoms with Gasteiger partial charge in [0, 0.05) is 70.5 Å². The van der Waals surface area contributed by atoms with Gasteiger partial charge in [0.15, 0.2) is 0 Å². The second-order valence-electron chi connectivity index (χ2n) is 8.39. The molecule has 5 nitrogen and oxygen atoms in total. The number of hydrogen-bond acceptors (Lipinski definition) is 4. The van der Waals surface area contributed by atoms with Gasteiger partial charge in [0.25, 0.3) is 0 Å². The maximum atomic E-state index is 11.6. The molecular formula is C22H34N4O. The second kappa shape index (κ2) is 8.61. The van der Waals surface area contributed by atoms with Gasteiger partial charge >= 0.3 is 0 Å². The van der Waals surface area contributed by atoms with E-state index in [0.29, 0.717) is 12.1 Å². The monoisotopic (exact) mass is 370 g/mol. The van der Waals surface area contributed by atoms with Crippen LogP contribution in [-0.4, -0.2) is 85.0 Å². The normalized spacial score (nSPS) is 26.3. The van der Waals surface area contributed by atoms with Gasteiger partial charge in [0.05, 0.1) is 0 Å². The van der Waals surface area contributed by atoms with Gasteiger partial charge in [-0.25, -0.2) is 0 Å². The minimum absolute atomic E-state index is 0.237. The summed E-state index contributed by atoms with van der Waals surface area (Å²) in [7, 11) is 0. The molecule has 1 aromatic rings. The molecule has 0 aliphatic carbocycles. The van der Waals surface area contributed by atoms with Crippen molar-refractivity contribution in [1.29, 1.82) is 0 Å². The van der Waals surface area contributed by atoms with Crippen LogP contribution in [0.2, 0.25) is 0 Å². The van der Waals surface area contributed by atoms with Crippen molar-refractivity contribution in [2.24, 2.45) is 0 Å². The average Bonchev–Trinajstić information content (AvgIpc) is 2.75. The SMILES string of the molecule is CC(=O)N1CCC(N2CCC[C@@H](N3CCN(c4ccccc4)CC3)C2)CC1. The third-order valence-electron chi connectivity index (χ3n) is 6.81. The van der Waals surface area contributed by atoms with Gasteiger partial charge in [-0.15, -0.1) is 0 Å². The molecule has 0 unspecified atom stereocenters. The van der Waals surface area contributed by atoms with Gasteiger partial charge in [-0.3, -0.25) is 14.6 Å². The van der Waals surface area contributed by atoms with E-state index >= 15 is 0 Å². The van der Waals surface area contributed by atoms with Gasteiger partial charge in [0.1, 0.15) is 0 Å². The molecule has 5 heteroatoms. The van der Waals surface area contributed by atoms with Crippen molar-refractivity contribution in [3.8, 4) is 0 Å². The van der Waals surface area contributed by atoms with Crippen LogP contribution in [0.15, 0.2) is 30.3 Å². The fourth-order valence-electron chi connectivity index (χ4n) is 5.14. The second-order valence-corrected chi connectivity index (χ2v) is 8.39. The molecule has 1 atom stereocenters. The lowest BCUT2D eigenvalue weighted by Gasteiger charge is -2.47. The summed E-state index contributed by atoms with van der Waals surface area (Å²) in [5.41, 5.74) is 1.36. The van der Waals surface area contributed by atoms with Crippen LogP contribution in [0.4, 0.5) is 5.69 Å². The average molecular weight is 371 g/mol. The van der Waals surface area contributed by atoms with Crippen molar-refractivity contribution in [2.75, 3.05) is 57.3 Å². The summed E-state index contributed by atoms with van der Waals surface area (Å²) in [6.45, 7) is 10.7. The van der Waals surface area contributed by atoms with E-state index in [0.717, 1.165) is 39.0 Å². The van der Waals surface area contributed by atoms with Crippen LogP contribution in [0.25, 0.3) is 0 Å².